The van der Waals surface area contributed by atoms with Crippen LogP contribution >= 0.6 is 35.3 Å². The standard InChI is InChI=1S/C17H22FN3OS.HI/c1-13-4-9-16(23-13)12-21-17(19-2)20-10-3-11-22-15-7-5-14(18)6-8-15;/h4-9H,3,10-12H2,1-2H3,(H2,19,20,21);1H. The topological polar surface area (TPSA) is 45.7 Å². The van der Waals surface area contributed by atoms with Crippen LogP contribution in [0, 0.1) is 12.7 Å². The summed E-state index contributed by atoms with van der Waals surface area (Å²) in [4.78, 5) is 6.78. The maximum absolute atomic E-state index is 12.8. The Hall–Kier alpha value is -1.35. The van der Waals surface area contributed by atoms with Gasteiger partial charge >= 0.3 is 0 Å². The SMILES string of the molecule is CN=C(NCCCOc1ccc(F)cc1)NCc1ccc(C)s1.I. The summed E-state index contributed by atoms with van der Waals surface area (Å²) in [6, 6.07) is 10.3. The molecule has 7 heteroatoms. The fraction of sp³-hybridized carbons (Fsp3) is 0.353. The lowest BCUT2D eigenvalue weighted by Crippen LogP contribution is -2.37. The predicted molar refractivity (Wildman–Crippen MR) is 109 cm³/mol. The Morgan fingerprint density at radius 3 is 2.54 bits per heavy atom. The van der Waals surface area contributed by atoms with Crippen molar-refractivity contribution in [2.24, 2.45) is 4.99 Å². The van der Waals surface area contributed by atoms with Crippen molar-refractivity contribution in [1.29, 1.82) is 0 Å². The molecular weight excluding hydrogens is 440 g/mol. The van der Waals surface area contributed by atoms with Gasteiger partial charge in [0.25, 0.3) is 0 Å². The van der Waals surface area contributed by atoms with E-state index in [-0.39, 0.29) is 29.8 Å². The molecule has 1 aromatic carbocycles. The van der Waals surface area contributed by atoms with Crippen molar-refractivity contribution in [3.63, 3.8) is 0 Å². The minimum absolute atomic E-state index is 0. The van der Waals surface area contributed by atoms with Crippen molar-refractivity contribution in [3.05, 3.63) is 52.0 Å². The summed E-state index contributed by atoms with van der Waals surface area (Å²) in [6.45, 7) is 4.19. The fourth-order valence-corrected chi connectivity index (χ4v) is 2.80. The molecule has 4 nitrogen and oxygen atoms in total. The Morgan fingerprint density at radius 1 is 1.17 bits per heavy atom. The molecule has 0 fully saturated rings. The van der Waals surface area contributed by atoms with E-state index in [1.54, 1.807) is 30.5 Å². The van der Waals surface area contributed by atoms with Crippen LogP contribution in [-0.2, 0) is 6.54 Å². The highest BCUT2D eigenvalue weighted by molar-refractivity contribution is 14.0. The van der Waals surface area contributed by atoms with Crippen LogP contribution in [0.15, 0.2) is 41.4 Å². The summed E-state index contributed by atoms with van der Waals surface area (Å²) in [5.74, 6) is 1.20. The number of thiophene rings is 1. The maximum atomic E-state index is 12.8. The zero-order valence-electron chi connectivity index (χ0n) is 13.8. The summed E-state index contributed by atoms with van der Waals surface area (Å²) in [6.07, 6.45) is 0.830. The number of hydrogen-bond donors (Lipinski definition) is 2. The third-order valence-corrected chi connectivity index (χ3v) is 4.15. The van der Waals surface area contributed by atoms with Gasteiger partial charge in [0.15, 0.2) is 5.96 Å². The Kier molecular flexibility index (Phi) is 9.70. The van der Waals surface area contributed by atoms with Crippen LogP contribution < -0.4 is 15.4 Å². The first-order valence-electron chi connectivity index (χ1n) is 7.55. The van der Waals surface area contributed by atoms with E-state index in [4.69, 9.17) is 4.74 Å². The van der Waals surface area contributed by atoms with Crippen LogP contribution in [0.25, 0.3) is 0 Å². The number of ether oxygens (including phenoxy) is 1. The predicted octanol–water partition coefficient (Wildman–Crippen LogP) is 3.95. The molecule has 2 aromatic rings. The van der Waals surface area contributed by atoms with Crippen LogP contribution in [0.1, 0.15) is 16.2 Å². The molecule has 0 unspecified atom stereocenters. The lowest BCUT2D eigenvalue weighted by Gasteiger charge is -2.11. The molecule has 0 bridgehead atoms. The number of hydrogen-bond acceptors (Lipinski definition) is 3. The Bertz CT molecular complexity index is 631. The zero-order valence-corrected chi connectivity index (χ0v) is 17.0. The summed E-state index contributed by atoms with van der Waals surface area (Å²) in [5, 5.41) is 6.53. The molecular formula is C17H23FIN3OS. The molecule has 0 aliphatic heterocycles. The first-order chi connectivity index (χ1) is 11.2. The maximum Gasteiger partial charge on any atom is 0.191 e. The molecule has 0 aliphatic carbocycles. The third kappa shape index (κ3) is 7.48. The van der Waals surface area contributed by atoms with Crippen molar-refractivity contribution >= 4 is 41.3 Å². The van der Waals surface area contributed by atoms with E-state index >= 15 is 0 Å². The summed E-state index contributed by atoms with van der Waals surface area (Å²) in [5.41, 5.74) is 0. The second kappa shape index (κ2) is 11.2. The van der Waals surface area contributed by atoms with Gasteiger partial charge in [-0.2, -0.15) is 0 Å². The van der Waals surface area contributed by atoms with Gasteiger partial charge in [-0.05, 0) is 49.7 Å². The highest BCUT2D eigenvalue weighted by atomic mass is 127. The van der Waals surface area contributed by atoms with Crippen LogP contribution in [-0.4, -0.2) is 26.2 Å². The highest BCUT2D eigenvalue weighted by Gasteiger charge is 2.00. The molecule has 1 heterocycles. The van der Waals surface area contributed by atoms with Gasteiger partial charge in [-0.25, -0.2) is 4.39 Å². The van der Waals surface area contributed by atoms with Crippen LogP contribution in [0.3, 0.4) is 0 Å². The molecule has 0 aliphatic rings. The van der Waals surface area contributed by atoms with E-state index in [9.17, 15) is 4.39 Å². The van der Waals surface area contributed by atoms with E-state index < -0.39 is 0 Å². The summed E-state index contributed by atoms with van der Waals surface area (Å²) >= 11 is 1.78. The van der Waals surface area contributed by atoms with Crippen LogP contribution in [0.5, 0.6) is 5.75 Å². The molecule has 2 rings (SSSR count). The third-order valence-electron chi connectivity index (χ3n) is 3.15. The quantitative estimate of drug-likeness (QED) is 0.283. The van der Waals surface area contributed by atoms with Gasteiger partial charge in [0.2, 0.25) is 0 Å². The minimum atomic E-state index is -0.255. The monoisotopic (exact) mass is 463 g/mol. The van der Waals surface area contributed by atoms with E-state index in [1.807, 2.05) is 0 Å². The molecule has 0 amide bonds. The average Bonchev–Trinajstić information content (AvgIpc) is 2.97. The minimum Gasteiger partial charge on any atom is -0.494 e. The van der Waals surface area contributed by atoms with Gasteiger partial charge < -0.3 is 15.4 Å². The molecule has 0 atom stereocenters. The van der Waals surface area contributed by atoms with Crippen molar-refractivity contribution in [2.45, 2.75) is 19.9 Å². The fourth-order valence-electron chi connectivity index (χ4n) is 1.97. The van der Waals surface area contributed by atoms with Crippen molar-refractivity contribution in [2.75, 3.05) is 20.2 Å². The van der Waals surface area contributed by atoms with E-state index in [1.165, 1.54) is 21.9 Å². The number of benzene rings is 1. The van der Waals surface area contributed by atoms with Gasteiger partial charge in [0.1, 0.15) is 11.6 Å². The second-order valence-corrected chi connectivity index (χ2v) is 6.39. The van der Waals surface area contributed by atoms with Gasteiger partial charge in [0, 0.05) is 23.3 Å². The molecule has 2 N–H and O–H groups in total. The molecule has 1 aromatic heterocycles. The van der Waals surface area contributed by atoms with Gasteiger partial charge in [0.05, 0.1) is 13.2 Å². The van der Waals surface area contributed by atoms with Crippen LogP contribution in [0.2, 0.25) is 0 Å². The number of nitrogens with one attached hydrogen (secondary N) is 2. The summed E-state index contributed by atoms with van der Waals surface area (Å²) < 4.78 is 18.3. The highest BCUT2D eigenvalue weighted by Crippen LogP contribution is 2.14. The van der Waals surface area contributed by atoms with Crippen molar-refractivity contribution in [3.8, 4) is 5.75 Å². The van der Waals surface area contributed by atoms with E-state index in [0.29, 0.717) is 12.4 Å². The Morgan fingerprint density at radius 2 is 1.92 bits per heavy atom. The summed E-state index contributed by atoms with van der Waals surface area (Å²) in [7, 11) is 1.75. The first kappa shape index (κ1) is 20.7. The van der Waals surface area contributed by atoms with Gasteiger partial charge in [-0.15, -0.1) is 35.3 Å². The van der Waals surface area contributed by atoms with Gasteiger partial charge in [-0.3, -0.25) is 4.99 Å². The Balaban J connectivity index is 0.00000288. The van der Waals surface area contributed by atoms with Crippen molar-refractivity contribution < 1.29 is 9.13 Å². The van der Waals surface area contributed by atoms with Crippen molar-refractivity contribution in [1.82, 2.24) is 10.6 Å². The normalized spacial score (nSPS) is 10.9. The molecule has 24 heavy (non-hydrogen) atoms. The lowest BCUT2D eigenvalue weighted by atomic mass is 10.3. The number of aryl methyl sites for hydroxylation is 1. The lowest BCUT2D eigenvalue weighted by molar-refractivity contribution is 0.310. The molecule has 0 saturated heterocycles. The molecule has 0 spiro atoms. The number of guanidine groups is 1. The smallest absolute Gasteiger partial charge is 0.191 e. The number of halogens is 2. The van der Waals surface area contributed by atoms with Crippen LogP contribution in [0.4, 0.5) is 4.39 Å². The molecule has 132 valence electrons. The number of aliphatic imine (C=N–C) groups is 1. The van der Waals surface area contributed by atoms with E-state index in [0.717, 1.165) is 25.5 Å². The molecule has 0 saturated carbocycles. The number of nitrogens with zero attached hydrogens (tertiary/aromatic N) is 1. The second-order valence-electron chi connectivity index (χ2n) is 5.02. The number of rotatable bonds is 7. The Labute approximate surface area is 163 Å². The molecule has 0 radical (unpaired) electrons. The van der Waals surface area contributed by atoms with Gasteiger partial charge in [-0.1, -0.05) is 0 Å². The zero-order chi connectivity index (χ0) is 16.5. The first-order valence-corrected chi connectivity index (χ1v) is 8.37. The average molecular weight is 463 g/mol. The largest absolute Gasteiger partial charge is 0.494 e. The van der Waals surface area contributed by atoms with E-state index in [2.05, 4.69) is 34.7 Å².